The van der Waals surface area contributed by atoms with Crippen LogP contribution in [0.5, 0.6) is 5.75 Å². The second-order valence-electron chi connectivity index (χ2n) is 2.26. The maximum atomic E-state index is 12.1. The number of halogens is 5. The van der Waals surface area contributed by atoms with Gasteiger partial charge in [-0.15, -0.1) is 0 Å². The molecule has 0 bridgehead atoms. The van der Waals surface area contributed by atoms with E-state index in [1.807, 2.05) is 0 Å². The van der Waals surface area contributed by atoms with E-state index < -0.39 is 22.5 Å². The standard InChI is InChI=1S/C7H3BrClF3O/c8-4-2-1-3(7(10,11)12)5(9)6(4)13/h1-2,13H. The fourth-order valence-corrected chi connectivity index (χ4v) is 1.48. The number of hydrogen-bond donors (Lipinski definition) is 1. The number of rotatable bonds is 0. The van der Waals surface area contributed by atoms with Crippen molar-refractivity contribution in [1.29, 1.82) is 0 Å². The van der Waals surface area contributed by atoms with Gasteiger partial charge >= 0.3 is 6.18 Å². The lowest BCUT2D eigenvalue weighted by atomic mass is 10.2. The Hall–Kier alpha value is -0.420. The zero-order valence-electron chi connectivity index (χ0n) is 5.99. The molecule has 0 spiro atoms. The third kappa shape index (κ3) is 2.08. The van der Waals surface area contributed by atoms with Gasteiger partial charge in [0.2, 0.25) is 0 Å². The van der Waals surface area contributed by atoms with E-state index in [2.05, 4.69) is 15.9 Å². The lowest BCUT2D eigenvalue weighted by Crippen LogP contribution is -2.05. The fraction of sp³-hybridized carbons (Fsp3) is 0.143. The van der Waals surface area contributed by atoms with E-state index >= 15 is 0 Å². The van der Waals surface area contributed by atoms with E-state index in [1.165, 1.54) is 0 Å². The van der Waals surface area contributed by atoms with Gasteiger partial charge in [-0.1, -0.05) is 11.6 Å². The maximum Gasteiger partial charge on any atom is 0.417 e. The van der Waals surface area contributed by atoms with Crippen molar-refractivity contribution in [2.45, 2.75) is 6.18 Å². The SMILES string of the molecule is Oc1c(Br)ccc(C(F)(F)F)c1Cl. The molecule has 1 nitrogen and oxygen atoms in total. The first-order chi connectivity index (χ1) is 5.84. The lowest BCUT2D eigenvalue weighted by molar-refractivity contribution is -0.137. The van der Waals surface area contributed by atoms with Crippen LogP contribution in [0.1, 0.15) is 5.56 Å². The minimum Gasteiger partial charge on any atom is -0.505 e. The molecule has 0 aliphatic carbocycles. The monoisotopic (exact) mass is 274 g/mol. The summed E-state index contributed by atoms with van der Waals surface area (Å²) >= 11 is 8.13. The van der Waals surface area contributed by atoms with Crippen LogP contribution < -0.4 is 0 Å². The number of phenolic OH excluding ortho intramolecular Hbond substituents is 1. The molecule has 0 aliphatic rings. The molecule has 1 aromatic carbocycles. The summed E-state index contributed by atoms with van der Waals surface area (Å²) in [6.07, 6.45) is -4.55. The summed E-state index contributed by atoms with van der Waals surface area (Å²) in [5.74, 6) is -0.600. The van der Waals surface area contributed by atoms with Gasteiger partial charge in [0, 0.05) is 0 Å². The zero-order valence-corrected chi connectivity index (χ0v) is 8.33. The zero-order chi connectivity index (χ0) is 10.2. The fourth-order valence-electron chi connectivity index (χ4n) is 0.760. The Labute approximate surface area is 85.3 Å². The molecular weight excluding hydrogens is 272 g/mol. The van der Waals surface area contributed by atoms with Crippen LogP contribution in [0.3, 0.4) is 0 Å². The van der Waals surface area contributed by atoms with Gasteiger partial charge in [-0.2, -0.15) is 13.2 Å². The van der Waals surface area contributed by atoms with Crippen LogP contribution in [-0.4, -0.2) is 5.11 Å². The topological polar surface area (TPSA) is 20.2 Å². The Morgan fingerprint density at radius 1 is 1.31 bits per heavy atom. The van der Waals surface area contributed by atoms with E-state index in [9.17, 15) is 13.2 Å². The second kappa shape index (κ2) is 3.38. The first-order valence-electron chi connectivity index (χ1n) is 3.08. The highest BCUT2D eigenvalue weighted by atomic mass is 79.9. The Morgan fingerprint density at radius 3 is 2.31 bits per heavy atom. The molecule has 6 heteroatoms. The summed E-state index contributed by atoms with van der Waals surface area (Å²) in [5.41, 5.74) is -1.05. The van der Waals surface area contributed by atoms with E-state index in [0.717, 1.165) is 12.1 Å². The van der Waals surface area contributed by atoms with Crippen LogP contribution in [0.4, 0.5) is 13.2 Å². The minimum absolute atomic E-state index is 0.130. The molecule has 0 aromatic heterocycles. The largest absolute Gasteiger partial charge is 0.505 e. The van der Waals surface area contributed by atoms with E-state index in [4.69, 9.17) is 16.7 Å². The summed E-state index contributed by atoms with van der Waals surface area (Å²) in [7, 11) is 0. The molecule has 1 rings (SSSR count). The number of aromatic hydroxyl groups is 1. The Kier molecular flexibility index (Phi) is 2.77. The Bertz CT molecular complexity index is 337. The molecule has 72 valence electrons. The molecular formula is C7H3BrClF3O. The summed E-state index contributed by atoms with van der Waals surface area (Å²) in [4.78, 5) is 0. The van der Waals surface area contributed by atoms with Crippen molar-refractivity contribution in [1.82, 2.24) is 0 Å². The molecule has 0 saturated carbocycles. The first-order valence-corrected chi connectivity index (χ1v) is 4.25. The Morgan fingerprint density at radius 2 is 1.85 bits per heavy atom. The van der Waals surface area contributed by atoms with E-state index in [1.54, 1.807) is 0 Å². The first kappa shape index (κ1) is 10.7. The molecule has 0 fully saturated rings. The lowest BCUT2D eigenvalue weighted by Gasteiger charge is -2.10. The normalized spacial score (nSPS) is 11.8. The smallest absolute Gasteiger partial charge is 0.417 e. The van der Waals surface area contributed by atoms with Crippen molar-refractivity contribution in [2.75, 3.05) is 0 Å². The van der Waals surface area contributed by atoms with Crippen LogP contribution in [-0.2, 0) is 6.18 Å². The van der Waals surface area contributed by atoms with Gasteiger partial charge in [-0.05, 0) is 28.1 Å². The van der Waals surface area contributed by atoms with Crippen LogP contribution in [0.15, 0.2) is 16.6 Å². The van der Waals surface area contributed by atoms with Crippen molar-refractivity contribution in [2.24, 2.45) is 0 Å². The molecule has 0 radical (unpaired) electrons. The summed E-state index contributed by atoms with van der Waals surface area (Å²) in [5, 5.41) is 8.38. The number of benzene rings is 1. The molecule has 0 saturated heterocycles. The number of alkyl halides is 3. The van der Waals surface area contributed by atoms with Crippen molar-refractivity contribution in [3.8, 4) is 5.75 Å². The predicted octanol–water partition coefficient (Wildman–Crippen LogP) is 3.83. The van der Waals surface area contributed by atoms with Crippen molar-refractivity contribution in [3.05, 3.63) is 27.2 Å². The van der Waals surface area contributed by atoms with Gasteiger partial charge in [-0.3, -0.25) is 0 Å². The summed E-state index contributed by atoms with van der Waals surface area (Å²) < 4.78 is 36.6. The summed E-state index contributed by atoms with van der Waals surface area (Å²) in [6.45, 7) is 0. The van der Waals surface area contributed by atoms with Crippen molar-refractivity contribution in [3.63, 3.8) is 0 Å². The molecule has 0 heterocycles. The molecule has 1 N–H and O–H groups in total. The highest BCUT2D eigenvalue weighted by Gasteiger charge is 2.34. The molecule has 1 aromatic rings. The number of hydrogen-bond acceptors (Lipinski definition) is 1. The number of phenols is 1. The van der Waals surface area contributed by atoms with Gasteiger partial charge in [0.15, 0.2) is 0 Å². The van der Waals surface area contributed by atoms with E-state index in [0.29, 0.717) is 0 Å². The van der Waals surface area contributed by atoms with Gasteiger partial charge < -0.3 is 5.11 Å². The molecule has 0 amide bonds. The molecule has 0 unspecified atom stereocenters. The quantitative estimate of drug-likeness (QED) is 0.763. The van der Waals surface area contributed by atoms with Gasteiger partial charge in [-0.25, -0.2) is 0 Å². The van der Waals surface area contributed by atoms with Gasteiger partial charge in [0.25, 0.3) is 0 Å². The van der Waals surface area contributed by atoms with Crippen molar-refractivity contribution >= 4 is 27.5 Å². The van der Waals surface area contributed by atoms with Crippen LogP contribution >= 0.6 is 27.5 Å². The average Bonchev–Trinajstić information content (AvgIpc) is 1.98. The molecule has 13 heavy (non-hydrogen) atoms. The highest BCUT2D eigenvalue weighted by molar-refractivity contribution is 9.10. The maximum absolute atomic E-state index is 12.1. The highest BCUT2D eigenvalue weighted by Crippen LogP contribution is 2.41. The Balaban J connectivity index is 3.35. The third-order valence-corrected chi connectivity index (χ3v) is 2.39. The van der Waals surface area contributed by atoms with Gasteiger partial charge in [0.05, 0.1) is 15.1 Å². The predicted molar refractivity (Wildman–Crippen MR) is 45.8 cm³/mol. The second-order valence-corrected chi connectivity index (χ2v) is 3.49. The van der Waals surface area contributed by atoms with Crippen LogP contribution in [0.25, 0.3) is 0 Å². The van der Waals surface area contributed by atoms with Crippen LogP contribution in [0, 0.1) is 0 Å². The average molecular weight is 275 g/mol. The third-order valence-electron chi connectivity index (χ3n) is 1.37. The molecule has 0 aliphatic heterocycles. The minimum atomic E-state index is -4.55. The summed E-state index contributed by atoms with van der Waals surface area (Å²) in [6, 6.07) is 1.89. The molecule has 0 atom stereocenters. The van der Waals surface area contributed by atoms with E-state index in [-0.39, 0.29) is 4.47 Å². The van der Waals surface area contributed by atoms with Gasteiger partial charge in [0.1, 0.15) is 5.75 Å². The van der Waals surface area contributed by atoms with Crippen LogP contribution in [0.2, 0.25) is 5.02 Å². The van der Waals surface area contributed by atoms with Crippen molar-refractivity contribution < 1.29 is 18.3 Å².